The molecule has 0 fully saturated rings. The maximum absolute atomic E-state index is 12.8. The zero-order valence-electron chi connectivity index (χ0n) is 14.9. The van der Waals surface area contributed by atoms with Gasteiger partial charge in [-0.15, -0.1) is 5.10 Å². The summed E-state index contributed by atoms with van der Waals surface area (Å²) in [5, 5.41) is 4.32. The molecule has 1 aromatic carbocycles. The van der Waals surface area contributed by atoms with Crippen LogP contribution in [0, 0.1) is 13.8 Å². The van der Waals surface area contributed by atoms with Gasteiger partial charge in [0.1, 0.15) is 5.75 Å². The minimum Gasteiger partial charge on any atom is -0.497 e. The maximum Gasteiger partial charge on any atom is 0.293 e. The summed E-state index contributed by atoms with van der Waals surface area (Å²) in [5.74, 6) is 1.19. The average Bonchev–Trinajstić information content (AvgIpc) is 3.04. The number of carbonyl (C=O) groups excluding carboxylic acids is 1. The summed E-state index contributed by atoms with van der Waals surface area (Å²) in [6.45, 7) is 6.79. The van der Waals surface area contributed by atoms with E-state index < -0.39 is 0 Å². The minimum atomic E-state index is -0.208. The monoisotopic (exact) mass is 339 g/mol. The van der Waals surface area contributed by atoms with E-state index in [-0.39, 0.29) is 11.7 Å². The van der Waals surface area contributed by atoms with Crippen molar-refractivity contribution < 1.29 is 9.53 Å². The number of hydrogen-bond acceptors (Lipinski definition) is 5. The van der Waals surface area contributed by atoms with Crippen LogP contribution in [-0.2, 0) is 6.54 Å². The van der Waals surface area contributed by atoms with Gasteiger partial charge in [0.2, 0.25) is 5.82 Å². The number of methoxy groups -OCH3 is 1. The normalized spacial score (nSPS) is 10.9. The molecule has 0 aliphatic carbocycles. The van der Waals surface area contributed by atoms with E-state index in [4.69, 9.17) is 4.74 Å². The van der Waals surface area contributed by atoms with Gasteiger partial charge in [0.25, 0.3) is 11.7 Å². The lowest BCUT2D eigenvalue weighted by Gasteiger charge is -2.19. The molecule has 0 unspecified atom stereocenters. The molecule has 25 heavy (non-hydrogen) atoms. The van der Waals surface area contributed by atoms with Crippen LogP contribution in [0.1, 0.15) is 34.5 Å². The van der Waals surface area contributed by atoms with Crippen LogP contribution in [0.5, 0.6) is 5.75 Å². The van der Waals surface area contributed by atoms with Crippen LogP contribution < -0.4 is 4.74 Å². The van der Waals surface area contributed by atoms with Crippen molar-refractivity contribution in [3.8, 4) is 5.75 Å². The van der Waals surface area contributed by atoms with E-state index in [1.165, 1.54) is 0 Å². The highest BCUT2D eigenvalue weighted by Gasteiger charge is 2.20. The van der Waals surface area contributed by atoms with Crippen molar-refractivity contribution in [1.29, 1.82) is 0 Å². The SMILES string of the molecule is CCN(Cc1ccc(OC)cc1)C(=O)c1nc2nc(C)cc(C)n2n1. The summed E-state index contributed by atoms with van der Waals surface area (Å²) < 4.78 is 6.76. The van der Waals surface area contributed by atoms with E-state index in [1.807, 2.05) is 51.1 Å². The van der Waals surface area contributed by atoms with Crippen molar-refractivity contribution in [2.24, 2.45) is 0 Å². The molecule has 2 aromatic heterocycles. The van der Waals surface area contributed by atoms with Crippen LogP contribution in [-0.4, -0.2) is 44.0 Å². The number of benzene rings is 1. The van der Waals surface area contributed by atoms with E-state index >= 15 is 0 Å². The van der Waals surface area contributed by atoms with Gasteiger partial charge in [-0.1, -0.05) is 12.1 Å². The zero-order valence-corrected chi connectivity index (χ0v) is 14.9. The molecule has 3 rings (SSSR count). The number of hydrogen-bond donors (Lipinski definition) is 0. The van der Waals surface area contributed by atoms with Gasteiger partial charge in [-0.3, -0.25) is 4.79 Å². The quantitative estimate of drug-likeness (QED) is 0.714. The van der Waals surface area contributed by atoms with E-state index in [0.717, 1.165) is 22.7 Å². The predicted octanol–water partition coefficient (Wildman–Crippen LogP) is 2.41. The molecule has 2 heterocycles. The fraction of sp³-hybridized carbons (Fsp3) is 0.333. The van der Waals surface area contributed by atoms with E-state index in [0.29, 0.717) is 18.9 Å². The zero-order chi connectivity index (χ0) is 18.0. The highest BCUT2D eigenvalue weighted by atomic mass is 16.5. The van der Waals surface area contributed by atoms with Crippen LogP contribution in [0.4, 0.5) is 0 Å². The number of nitrogens with zero attached hydrogens (tertiary/aromatic N) is 5. The first-order valence-electron chi connectivity index (χ1n) is 8.15. The molecule has 0 saturated carbocycles. The third-order valence-electron chi connectivity index (χ3n) is 4.01. The molecule has 7 heteroatoms. The Kier molecular flexibility index (Phi) is 4.65. The molecule has 0 aliphatic rings. The van der Waals surface area contributed by atoms with Gasteiger partial charge in [-0.05, 0) is 44.5 Å². The first-order chi connectivity index (χ1) is 12.0. The molecule has 0 atom stereocenters. The number of carbonyl (C=O) groups is 1. The van der Waals surface area contributed by atoms with Crippen LogP contribution >= 0.6 is 0 Å². The Labute approximate surface area is 146 Å². The number of amides is 1. The van der Waals surface area contributed by atoms with Crippen molar-refractivity contribution in [2.75, 3.05) is 13.7 Å². The van der Waals surface area contributed by atoms with Crippen LogP contribution in [0.25, 0.3) is 5.78 Å². The first-order valence-corrected chi connectivity index (χ1v) is 8.15. The summed E-state index contributed by atoms with van der Waals surface area (Å²) in [5.41, 5.74) is 2.76. The number of aromatic nitrogens is 4. The van der Waals surface area contributed by atoms with Crippen LogP contribution in [0.15, 0.2) is 30.3 Å². The van der Waals surface area contributed by atoms with Gasteiger partial charge >= 0.3 is 0 Å². The highest BCUT2D eigenvalue weighted by molar-refractivity contribution is 5.90. The number of fused-ring (bicyclic) bond motifs is 1. The molecule has 0 spiro atoms. The van der Waals surface area contributed by atoms with Crippen LogP contribution in [0.2, 0.25) is 0 Å². The molecule has 0 aliphatic heterocycles. The molecule has 1 amide bonds. The second-order valence-corrected chi connectivity index (χ2v) is 5.85. The maximum atomic E-state index is 12.8. The van der Waals surface area contributed by atoms with Crippen LogP contribution in [0.3, 0.4) is 0 Å². The number of rotatable bonds is 5. The Morgan fingerprint density at radius 3 is 2.56 bits per heavy atom. The van der Waals surface area contributed by atoms with Gasteiger partial charge in [0.15, 0.2) is 0 Å². The highest BCUT2D eigenvalue weighted by Crippen LogP contribution is 2.14. The van der Waals surface area contributed by atoms with Gasteiger partial charge in [0.05, 0.1) is 7.11 Å². The topological polar surface area (TPSA) is 72.6 Å². The Hall–Kier alpha value is -2.96. The Bertz CT molecular complexity index is 902. The van der Waals surface area contributed by atoms with Gasteiger partial charge in [-0.2, -0.15) is 4.98 Å². The Morgan fingerprint density at radius 2 is 1.92 bits per heavy atom. The predicted molar refractivity (Wildman–Crippen MR) is 93.7 cm³/mol. The van der Waals surface area contributed by atoms with Gasteiger partial charge in [-0.25, -0.2) is 9.50 Å². The second kappa shape index (κ2) is 6.88. The number of aryl methyl sites for hydroxylation is 2. The molecular formula is C18H21N5O2. The Balaban J connectivity index is 1.85. The van der Waals surface area contributed by atoms with Crippen molar-refractivity contribution >= 4 is 11.7 Å². The summed E-state index contributed by atoms with van der Waals surface area (Å²) in [6.07, 6.45) is 0. The molecule has 3 aromatic rings. The minimum absolute atomic E-state index is 0.163. The summed E-state index contributed by atoms with van der Waals surface area (Å²) in [6, 6.07) is 9.56. The molecule has 0 radical (unpaired) electrons. The second-order valence-electron chi connectivity index (χ2n) is 5.85. The lowest BCUT2D eigenvalue weighted by molar-refractivity contribution is 0.0740. The largest absolute Gasteiger partial charge is 0.497 e. The summed E-state index contributed by atoms with van der Waals surface area (Å²) >= 11 is 0. The van der Waals surface area contributed by atoms with Crippen molar-refractivity contribution in [3.05, 3.63) is 53.1 Å². The first kappa shape index (κ1) is 16.9. The molecular weight excluding hydrogens is 318 g/mol. The Morgan fingerprint density at radius 1 is 1.20 bits per heavy atom. The van der Waals surface area contributed by atoms with Crippen molar-refractivity contribution in [2.45, 2.75) is 27.3 Å². The molecule has 130 valence electrons. The number of ether oxygens (including phenoxy) is 1. The third-order valence-corrected chi connectivity index (χ3v) is 4.01. The van der Waals surface area contributed by atoms with E-state index in [2.05, 4.69) is 15.1 Å². The van der Waals surface area contributed by atoms with Crippen molar-refractivity contribution in [1.82, 2.24) is 24.5 Å². The molecule has 0 saturated heterocycles. The van der Waals surface area contributed by atoms with Crippen molar-refractivity contribution in [3.63, 3.8) is 0 Å². The summed E-state index contributed by atoms with van der Waals surface area (Å²) in [7, 11) is 1.63. The lowest BCUT2D eigenvalue weighted by atomic mass is 10.2. The summed E-state index contributed by atoms with van der Waals surface area (Å²) in [4.78, 5) is 23.1. The fourth-order valence-electron chi connectivity index (χ4n) is 2.68. The fourth-order valence-corrected chi connectivity index (χ4v) is 2.68. The van der Waals surface area contributed by atoms with E-state index in [1.54, 1.807) is 16.5 Å². The molecule has 0 N–H and O–H groups in total. The smallest absolute Gasteiger partial charge is 0.293 e. The van der Waals surface area contributed by atoms with E-state index in [9.17, 15) is 4.79 Å². The lowest BCUT2D eigenvalue weighted by Crippen LogP contribution is -2.31. The standard InChI is InChI=1S/C18H21N5O2/c1-5-22(11-14-6-8-15(25-4)9-7-14)17(24)16-20-18-19-12(2)10-13(3)23(18)21-16/h6-10H,5,11H2,1-4H3. The van der Waals surface area contributed by atoms with Gasteiger partial charge < -0.3 is 9.64 Å². The van der Waals surface area contributed by atoms with Gasteiger partial charge in [0, 0.05) is 24.5 Å². The molecule has 7 nitrogen and oxygen atoms in total. The molecule has 0 bridgehead atoms. The third kappa shape index (κ3) is 3.45. The average molecular weight is 339 g/mol.